The molecule has 0 radical (unpaired) electrons. The number of hydrogen-bond donors (Lipinski definition) is 1. The monoisotopic (exact) mass is 172 g/mol. The Bertz CT molecular complexity index is 119. The van der Waals surface area contributed by atoms with E-state index in [1.54, 1.807) is 6.92 Å². The van der Waals surface area contributed by atoms with Crippen molar-refractivity contribution in [2.24, 2.45) is 0 Å². The van der Waals surface area contributed by atoms with Crippen molar-refractivity contribution in [3.63, 3.8) is 0 Å². The first-order valence-corrected chi connectivity index (χ1v) is 4.86. The van der Waals surface area contributed by atoms with Crippen LogP contribution in [0.4, 0.5) is 0 Å². The fourth-order valence-corrected chi connectivity index (χ4v) is 1.07. The molecule has 0 aromatic carbocycles. The third kappa shape index (κ3) is 7.73. The van der Waals surface area contributed by atoms with Crippen molar-refractivity contribution in [3.8, 4) is 0 Å². The molecule has 0 bridgehead atoms. The highest BCUT2D eigenvalue weighted by molar-refractivity contribution is 5.78. The van der Waals surface area contributed by atoms with E-state index in [1.807, 2.05) is 0 Å². The average Bonchev–Trinajstić information content (AvgIpc) is 2.01. The number of carbonyl (C=O) groups is 1. The van der Waals surface area contributed by atoms with E-state index in [1.165, 1.54) is 0 Å². The Morgan fingerprint density at radius 3 is 2.50 bits per heavy atom. The Labute approximate surface area is 75.0 Å². The van der Waals surface area contributed by atoms with Gasteiger partial charge in [-0.2, -0.15) is 0 Å². The SMILES string of the molecule is CCCCCC(=O)CCC(C)O. The van der Waals surface area contributed by atoms with Crippen LogP contribution in [-0.2, 0) is 4.79 Å². The van der Waals surface area contributed by atoms with Crippen LogP contribution in [-0.4, -0.2) is 17.0 Å². The third-order valence-corrected chi connectivity index (χ3v) is 1.90. The van der Waals surface area contributed by atoms with Gasteiger partial charge in [0.05, 0.1) is 6.10 Å². The maximum absolute atomic E-state index is 11.1. The van der Waals surface area contributed by atoms with Gasteiger partial charge in [0, 0.05) is 12.8 Å². The summed E-state index contributed by atoms with van der Waals surface area (Å²) in [6.45, 7) is 3.85. The van der Waals surface area contributed by atoms with Crippen LogP contribution in [0.5, 0.6) is 0 Å². The van der Waals surface area contributed by atoms with Gasteiger partial charge < -0.3 is 5.11 Å². The molecule has 1 unspecified atom stereocenters. The topological polar surface area (TPSA) is 37.3 Å². The Balaban J connectivity index is 3.22. The van der Waals surface area contributed by atoms with Crippen LogP contribution in [0.15, 0.2) is 0 Å². The van der Waals surface area contributed by atoms with Gasteiger partial charge in [0.25, 0.3) is 0 Å². The molecule has 0 aromatic rings. The maximum atomic E-state index is 11.1. The molecule has 0 aliphatic heterocycles. The first-order chi connectivity index (χ1) is 5.66. The molecule has 0 saturated heterocycles. The number of unbranched alkanes of at least 4 members (excludes halogenated alkanes) is 2. The van der Waals surface area contributed by atoms with Crippen molar-refractivity contribution in [2.45, 2.75) is 58.5 Å². The van der Waals surface area contributed by atoms with Crippen LogP contribution >= 0.6 is 0 Å². The van der Waals surface area contributed by atoms with Gasteiger partial charge in [-0.1, -0.05) is 19.8 Å². The number of carbonyl (C=O) groups excluding carboxylic acids is 1. The summed E-state index contributed by atoms with van der Waals surface area (Å²) < 4.78 is 0. The molecule has 0 spiro atoms. The largest absolute Gasteiger partial charge is 0.393 e. The molecular weight excluding hydrogens is 152 g/mol. The van der Waals surface area contributed by atoms with Crippen LogP contribution in [0.2, 0.25) is 0 Å². The first-order valence-electron chi connectivity index (χ1n) is 4.86. The number of ketones is 1. The summed E-state index contributed by atoms with van der Waals surface area (Å²) in [6.07, 6.45) is 4.83. The Hall–Kier alpha value is -0.370. The quantitative estimate of drug-likeness (QED) is 0.598. The van der Waals surface area contributed by atoms with Crippen molar-refractivity contribution in [3.05, 3.63) is 0 Å². The highest BCUT2D eigenvalue weighted by Gasteiger charge is 2.03. The third-order valence-electron chi connectivity index (χ3n) is 1.90. The molecule has 0 saturated carbocycles. The van der Waals surface area contributed by atoms with Gasteiger partial charge in [0.1, 0.15) is 5.78 Å². The molecule has 1 atom stereocenters. The lowest BCUT2D eigenvalue weighted by atomic mass is 10.1. The number of hydrogen-bond acceptors (Lipinski definition) is 2. The van der Waals surface area contributed by atoms with Crippen molar-refractivity contribution in [1.82, 2.24) is 0 Å². The summed E-state index contributed by atoms with van der Waals surface area (Å²) in [4.78, 5) is 11.1. The number of aliphatic hydroxyl groups is 1. The zero-order valence-electron chi connectivity index (χ0n) is 8.18. The zero-order chi connectivity index (χ0) is 9.40. The first kappa shape index (κ1) is 11.6. The molecule has 0 aliphatic carbocycles. The van der Waals surface area contributed by atoms with E-state index >= 15 is 0 Å². The fourth-order valence-electron chi connectivity index (χ4n) is 1.07. The summed E-state index contributed by atoms with van der Waals surface area (Å²) in [5.41, 5.74) is 0. The van der Waals surface area contributed by atoms with Crippen LogP contribution in [0.3, 0.4) is 0 Å². The number of aliphatic hydroxyl groups excluding tert-OH is 1. The zero-order valence-corrected chi connectivity index (χ0v) is 8.18. The maximum Gasteiger partial charge on any atom is 0.133 e. The average molecular weight is 172 g/mol. The highest BCUT2D eigenvalue weighted by Crippen LogP contribution is 2.04. The van der Waals surface area contributed by atoms with Crippen LogP contribution in [0.25, 0.3) is 0 Å². The second-order valence-electron chi connectivity index (χ2n) is 3.38. The lowest BCUT2D eigenvalue weighted by Crippen LogP contribution is -2.05. The van der Waals surface area contributed by atoms with Gasteiger partial charge in [-0.05, 0) is 19.8 Å². The van der Waals surface area contributed by atoms with E-state index in [2.05, 4.69) is 6.92 Å². The summed E-state index contributed by atoms with van der Waals surface area (Å²) in [7, 11) is 0. The number of rotatable bonds is 7. The normalized spacial score (nSPS) is 12.9. The van der Waals surface area contributed by atoms with Gasteiger partial charge >= 0.3 is 0 Å². The molecule has 12 heavy (non-hydrogen) atoms. The van der Waals surface area contributed by atoms with Crippen molar-refractivity contribution < 1.29 is 9.90 Å². The van der Waals surface area contributed by atoms with Crippen molar-refractivity contribution >= 4 is 5.78 Å². The smallest absolute Gasteiger partial charge is 0.133 e. The van der Waals surface area contributed by atoms with Gasteiger partial charge in [-0.25, -0.2) is 0 Å². The van der Waals surface area contributed by atoms with E-state index in [4.69, 9.17) is 5.11 Å². The molecular formula is C10H20O2. The molecule has 0 rings (SSSR count). The predicted octanol–water partition coefficient (Wildman–Crippen LogP) is 2.30. The minimum Gasteiger partial charge on any atom is -0.393 e. The number of Topliss-reactive ketones (excluding diaryl/α,β-unsaturated/α-hetero) is 1. The van der Waals surface area contributed by atoms with E-state index in [0.717, 1.165) is 19.3 Å². The summed E-state index contributed by atoms with van der Waals surface area (Å²) >= 11 is 0. The van der Waals surface area contributed by atoms with Crippen LogP contribution in [0, 0.1) is 0 Å². The second kappa shape index (κ2) is 7.29. The highest BCUT2D eigenvalue weighted by atomic mass is 16.3. The summed E-state index contributed by atoms with van der Waals surface area (Å²) in [5.74, 6) is 0.296. The molecule has 0 aliphatic rings. The van der Waals surface area contributed by atoms with E-state index in [-0.39, 0.29) is 6.10 Å². The molecule has 0 heterocycles. The van der Waals surface area contributed by atoms with Gasteiger partial charge in [0.15, 0.2) is 0 Å². The standard InChI is InChI=1S/C10H20O2/c1-3-4-5-6-10(12)8-7-9(2)11/h9,11H,3-8H2,1-2H3. The van der Waals surface area contributed by atoms with E-state index in [0.29, 0.717) is 25.0 Å². The second-order valence-corrected chi connectivity index (χ2v) is 3.38. The lowest BCUT2D eigenvalue weighted by molar-refractivity contribution is -0.119. The van der Waals surface area contributed by atoms with E-state index < -0.39 is 0 Å². The predicted molar refractivity (Wildman–Crippen MR) is 50.1 cm³/mol. The summed E-state index contributed by atoms with van der Waals surface area (Å²) in [6, 6.07) is 0. The van der Waals surface area contributed by atoms with Crippen molar-refractivity contribution in [2.75, 3.05) is 0 Å². The fraction of sp³-hybridized carbons (Fsp3) is 0.900. The van der Waals surface area contributed by atoms with Crippen LogP contribution in [0.1, 0.15) is 52.4 Å². The molecule has 0 amide bonds. The van der Waals surface area contributed by atoms with Crippen LogP contribution < -0.4 is 0 Å². The van der Waals surface area contributed by atoms with Gasteiger partial charge in [-0.15, -0.1) is 0 Å². The molecule has 0 aromatic heterocycles. The Morgan fingerprint density at radius 2 is 2.00 bits per heavy atom. The minimum atomic E-state index is -0.333. The van der Waals surface area contributed by atoms with Crippen molar-refractivity contribution in [1.29, 1.82) is 0 Å². The van der Waals surface area contributed by atoms with Gasteiger partial charge in [-0.3, -0.25) is 4.79 Å². The Morgan fingerprint density at radius 1 is 1.33 bits per heavy atom. The molecule has 2 heteroatoms. The molecule has 72 valence electrons. The Kier molecular flexibility index (Phi) is 7.06. The van der Waals surface area contributed by atoms with E-state index in [9.17, 15) is 4.79 Å². The minimum absolute atomic E-state index is 0.296. The molecule has 2 nitrogen and oxygen atoms in total. The summed E-state index contributed by atoms with van der Waals surface area (Å²) in [5, 5.41) is 8.92. The lowest BCUT2D eigenvalue weighted by Gasteiger charge is -2.02. The molecule has 1 N–H and O–H groups in total. The van der Waals surface area contributed by atoms with Gasteiger partial charge in [0.2, 0.25) is 0 Å². The molecule has 0 fully saturated rings.